The highest BCUT2D eigenvalue weighted by molar-refractivity contribution is 5.94. The van der Waals surface area contributed by atoms with Crippen molar-refractivity contribution in [2.75, 3.05) is 0 Å². The van der Waals surface area contributed by atoms with Gasteiger partial charge in [0.05, 0.1) is 0 Å². The van der Waals surface area contributed by atoms with Gasteiger partial charge in [-0.15, -0.1) is 0 Å². The number of nitrogens with two attached hydrogens (primary N) is 1. The molecule has 1 unspecified atom stereocenters. The van der Waals surface area contributed by atoms with Gasteiger partial charge in [-0.3, -0.25) is 5.41 Å². The molecule has 0 saturated carbocycles. The number of hydrogen-bond acceptors (Lipinski definition) is 2. The van der Waals surface area contributed by atoms with E-state index < -0.39 is 0 Å². The molecule has 0 bridgehead atoms. The third kappa shape index (κ3) is 2.15. The number of hydrogen-bond donors (Lipinski definition) is 2. The molecule has 13 heavy (non-hydrogen) atoms. The van der Waals surface area contributed by atoms with Gasteiger partial charge in [-0.2, -0.15) is 0 Å². The number of aldehydes is 1. The van der Waals surface area contributed by atoms with E-state index >= 15 is 0 Å². The van der Waals surface area contributed by atoms with Crippen molar-refractivity contribution in [3.05, 3.63) is 35.4 Å². The van der Waals surface area contributed by atoms with Gasteiger partial charge in [0, 0.05) is 11.5 Å². The van der Waals surface area contributed by atoms with Crippen LogP contribution in [0.4, 0.5) is 0 Å². The summed E-state index contributed by atoms with van der Waals surface area (Å²) in [5.74, 6) is -0.0497. The fraction of sp³-hybridized carbons (Fsp3) is 0.200. The van der Waals surface area contributed by atoms with Crippen LogP contribution in [0, 0.1) is 5.41 Å². The number of carbonyl (C=O) groups is 1. The van der Waals surface area contributed by atoms with Crippen molar-refractivity contribution >= 4 is 12.1 Å². The first-order valence-corrected chi connectivity index (χ1v) is 4.05. The Labute approximate surface area is 77.1 Å². The summed E-state index contributed by atoms with van der Waals surface area (Å²) in [5, 5.41) is 7.17. The third-order valence-corrected chi connectivity index (χ3v) is 1.95. The molecule has 1 aromatic rings. The van der Waals surface area contributed by atoms with Crippen LogP contribution in [0.5, 0.6) is 0 Å². The summed E-state index contributed by atoms with van der Waals surface area (Å²) in [6.45, 7) is 1.83. The molecular formula is C10H12N2O. The highest BCUT2D eigenvalue weighted by Crippen LogP contribution is 2.13. The van der Waals surface area contributed by atoms with Gasteiger partial charge >= 0.3 is 0 Å². The van der Waals surface area contributed by atoms with Crippen molar-refractivity contribution in [3.8, 4) is 0 Å². The molecule has 0 aliphatic rings. The fourth-order valence-electron chi connectivity index (χ4n) is 1.04. The van der Waals surface area contributed by atoms with E-state index in [1.807, 2.05) is 19.1 Å². The molecule has 0 aromatic heterocycles. The molecule has 0 aliphatic heterocycles. The van der Waals surface area contributed by atoms with Crippen molar-refractivity contribution < 1.29 is 4.79 Å². The average Bonchev–Trinajstić information content (AvgIpc) is 2.17. The van der Waals surface area contributed by atoms with Crippen LogP contribution in [-0.2, 0) is 4.79 Å². The first kappa shape index (κ1) is 9.45. The van der Waals surface area contributed by atoms with Crippen LogP contribution in [0.25, 0.3) is 0 Å². The predicted molar refractivity (Wildman–Crippen MR) is 51.9 cm³/mol. The third-order valence-electron chi connectivity index (χ3n) is 1.95. The Bertz CT molecular complexity index is 316. The van der Waals surface area contributed by atoms with Crippen LogP contribution >= 0.6 is 0 Å². The number of carbonyl (C=O) groups excluding carboxylic acids is 1. The van der Waals surface area contributed by atoms with Gasteiger partial charge in [0.1, 0.15) is 12.1 Å². The highest BCUT2D eigenvalue weighted by Gasteiger charge is 2.03. The van der Waals surface area contributed by atoms with E-state index in [1.54, 1.807) is 12.1 Å². The largest absolute Gasteiger partial charge is 0.384 e. The SMILES string of the molecule is CC(C=O)c1ccc(C(=N)N)cc1. The van der Waals surface area contributed by atoms with E-state index in [-0.39, 0.29) is 11.8 Å². The molecule has 0 aliphatic carbocycles. The van der Waals surface area contributed by atoms with E-state index in [9.17, 15) is 4.79 Å². The normalized spacial score (nSPS) is 12.1. The molecular weight excluding hydrogens is 164 g/mol. The summed E-state index contributed by atoms with van der Waals surface area (Å²) >= 11 is 0. The molecule has 3 N–H and O–H groups in total. The minimum Gasteiger partial charge on any atom is -0.384 e. The Kier molecular flexibility index (Phi) is 2.80. The molecule has 0 saturated heterocycles. The maximum Gasteiger partial charge on any atom is 0.127 e. The summed E-state index contributed by atoms with van der Waals surface area (Å²) in [6.07, 6.45) is 0.892. The van der Waals surface area contributed by atoms with Gasteiger partial charge < -0.3 is 10.5 Å². The smallest absolute Gasteiger partial charge is 0.127 e. The first-order valence-electron chi connectivity index (χ1n) is 4.05. The molecule has 0 spiro atoms. The van der Waals surface area contributed by atoms with Gasteiger partial charge in [0.25, 0.3) is 0 Å². The lowest BCUT2D eigenvalue weighted by atomic mass is 10.0. The Morgan fingerprint density at radius 1 is 1.46 bits per heavy atom. The van der Waals surface area contributed by atoms with Crippen LogP contribution in [0.3, 0.4) is 0 Å². The molecule has 68 valence electrons. The van der Waals surface area contributed by atoms with E-state index in [1.165, 1.54) is 0 Å². The Balaban J connectivity index is 2.93. The van der Waals surface area contributed by atoms with Crippen LogP contribution in [0.15, 0.2) is 24.3 Å². The molecule has 1 rings (SSSR count). The lowest BCUT2D eigenvalue weighted by molar-refractivity contribution is -0.108. The fourth-order valence-corrected chi connectivity index (χ4v) is 1.04. The highest BCUT2D eigenvalue weighted by atomic mass is 16.1. The second-order valence-corrected chi connectivity index (χ2v) is 2.96. The monoisotopic (exact) mass is 176 g/mol. The summed E-state index contributed by atoms with van der Waals surface area (Å²) in [5.41, 5.74) is 6.91. The quantitative estimate of drug-likeness (QED) is 0.414. The van der Waals surface area contributed by atoms with Crippen LogP contribution in [0.1, 0.15) is 24.0 Å². The van der Waals surface area contributed by atoms with E-state index in [2.05, 4.69) is 0 Å². The van der Waals surface area contributed by atoms with Crippen molar-refractivity contribution in [3.63, 3.8) is 0 Å². The number of nitrogen functional groups attached to an aromatic ring is 1. The van der Waals surface area contributed by atoms with Crippen LogP contribution < -0.4 is 5.73 Å². The number of amidine groups is 1. The van der Waals surface area contributed by atoms with Crippen molar-refractivity contribution in [2.45, 2.75) is 12.8 Å². The minimum absolute atomic E-state index is 0.0466. The zero-order chi connectivity index (χ0) is 9.84. The predicted octanol–water partition coefficient (Wildman–Crippen LogP) is 1.27. The zero-order valence-electron chi connectivity index (χ0n) is 7.45. The Morgan fingerprint density at radius 2 is 2.00 bits per heavy atom. The van der Waals surface area contributed by atoms with E-state index in [0.717, 1.165) is 11.8 Å². The molecule has 3 nitrogen and oxygen atoms in total. The summed E-state index contributed by atoms with van der Waals surface area (Å²) in [4.78, 5) is 10.5. The van der Waals surface area contributed by atoms with Gasteiger partial charge in [0.15, 0.2) is 0 Å². The number of nitrogens with one attached hydrogen (secondary N) is 1. The molecule has 1 atom stereocenters. The van der Waals surface area contributed by atoms with Crippen LogP contribution in [0.2, 0.25) is 0 Å². The molecule has 1 aromatic carbocycles. The number of benzene rings is 1. The standard InChI is InChI=1S/C10H12N2O/c1-7(6-13)8-2-4-9(5-3-8)10(11)12/h2-7H,1H3,(H3,11,12). The Morgan fingerprint density at radius 3 is 2.38 bits per heavy atom. The maximum absolute atomic E-state index is 10.5. The zero-order valence-corrected chi connectivity index (χ0v) is 7.45. The molecule has 0 heterocycles. The van der Waals surface area contributed by atoms with E-state index in [0.29, 0.717) is 5.56 Å². The summed E-state index contributed by atoms with van der Waals surface area (Å²) in [7, 11) is 0. The lowest BCUT2D eigenvalue weighted by Crippen LogP contribution is -2.10. The first-order chi connectivity index (χ1) is 6.15. The van der Waals surface area contributed by atoms with Gasteiger partial charge in [-0.05, 0) is 5.56 Å². The molecule has 0 radical (unpaired) electrons. The van der Waals surface area contributed by atoms with Gasteiger partial charge in [-0.25, -0.2) is 0 Å². The van der Waals surface area contributed by atoms with Crippen LogP contribution in [-0.4, -0.2) is 12.1 Å². The second-order valence-electron chi connectivity index (χ2n) is 2.96. The minimum atomic E-state index is -0.0963. The Hall–Kier alpha value is -1.64. The molecule has 0 fully saturated rings. The average molecular weight is 176 g/mol. The summed E-state index contributed by atoms with van der Waals surface area (Å²) in [6, 6.07) is 7.13. The topological polar surface area (TPSA) is 66.9 Å². The van der Waals surface area contributed by atoms with Crippen molar-refractivity contribution in [1.82, 2.24) is 0 Å². The van der Waals surface area contributed by atoms with Crippen molar-refractivity contribution in [2.24, 2.45) is 5.73 Å². The van der Waals surface area contributed by atoms with Crippen molar-refractivity contribution in [1.29, 1.82) is 5.41 Å². The second kappa shape index (κ2) is 3.85. The molecule has 3 heteroatoms. The number of rotatable bonds is 3. The van der Waals surface area contributed by atoms with Gasteiger partial charge in [0.2, 0.25) is 0 Å². The lowest BCUT2D eigenvalue weighted by Gasteiger charge is -2.04. The summed E-state index contributed by atoms with van der Waals surface area (Å²) < 4.78 is 0. The molecule has 0 amide bonds. The van der Waals surface area contributed by atoms with Gasteiger partial charge in [-0.1, -0.05) is 31.2 Å². The van der Waals surface area contributed by atoms with E-state index in [4.69, 9.17) is 11.1 Å². The maximum atomic E-state index is 10.5.